The second-order valence-corrected chi connectivity index (χ2v) is 8.75. The molecule has 1 fully saturated rings. The number of pyridine rings is 1. The molecule has 1 saturated heterocycles. The molecule has 1 aliphatic rings. The van der Waals surface area contributed by atoms with Crippen LogP contribution in [0.25, 0.3) is 11.7 Å². The summed E-state index contributed by atoms with van der Waals surface area (Å²) in [5.41, 5.74) is 1.24. The fourth-order valence-electron chi connectivity index (χ4n) is 3.11. The van der Waals surface area contributed by atoms with Crippen molar-refractivity contribution in [1.29, 1.82) is 0 Å². The lowest BCUT2D eigenvalue weighted by Gasteiger charge is -2.18. The van der Waals surface area contributed by atoms with Crippen molar-refractivity contribution in [3.05, 3.63) is 75.0 Å². The van der Waals surface area contributed by atoms with Gasteiger partial charge in [0.2, 0.25) is 5.88 Å². The molecule has 3 heterocycles. The van der Waals surface area contributed by atoms with Crippen molar-refractivity contribution >= 4 is 45.9 Å². The number of carbonyl (C=O) groups excluding carboxylic acids is 1. The zero-order valence-electron chi connectivity index (χ0n) is 16.7. The standard InChI is InChI=1S/C22H19N3O3S2/c1-13(2)25-21(27)17(30-22(25)29)12-15-19(28-16-9-5-4-8-14(16)3)23-18-10-6-7-11-24(18)20(15)26/h4-13H,1-3H3/b17-12+. The number of carbonyl (C=O) groups is 1. The van der Waals surface area contributed by atoms with Crippen LogP contribution in [0.5, 0.6) is 11.6 Å². The molecule has 2 aromatic heterocycles. The van der Waals surface area contributed by atoms with E-state index in [9.17, 15) is 9.59 Å². The van der Waals surface area contributed by atoms with Crippen LogP contribution in [0.15, 0.2) is 58.4 Å². The summed E-state index contributed by atoms with van der Waals surface area (Å²) in [5, 5.41) is 0. The van der Waals surface area contributed by atoms with Crippen molar-refractivity contribution < 1.29 is 9.53 Å². The summed E-state index contributed by atoms with van der Waals surface area (Å²) in [6, 6.07) is 12.7. The molecule has 0 bridgehead atoms. The largest absolute Gasteiger partial charge is 0.438 e. The molecule has 6 nitrogen and oxygen atoms in total. The lowest BCUT2D eigenvalue weighted by Crippen LogP contribution is -2.34. The lowest BCUT2D eigenvalue weighted by atomic mass is 10.2. The molecule has 0 N–H and O–H groups in total. The van der Waals surface area contributed by atoms with E-state index in [4.69, 9.17) is 17.0 Å². The van der Waals surface area contributed by atoms with Crippen LogP contribution in [-0.4, -0.2) is 30.6 Å². The molecule has 0 unspecified atom stereocenters. The van der Waals surface area contributed by atoms with E-state index in [1.807, 2.05) is 45.0 Å². The number of hydrogen-bond acceptors (Lipinski definition) is 6. The fraction of sp³-hybridized carbons (Fsp3) is 0.182. The van der Waals surface area contributed by atoms with Gasteiger partial charge >= 0.3 is 0 Å². The van der Waals surface area contributed by atoms with E-state index in [0.29, 0.717) is 20.6 Å². The van der Waals surface area contributed by atoms with Crippen LogP contribution >= 0.6 is 24.0 Å². The molecule has 0 aliphatic carbocycles. The Morgan fingerprint density at radius 1 is 1.13 bits per heavy atom. The highest BCUT2D eigenvalue weighted by Gasteiger charge is 2.34. The van der Waals surface area contributed by atoms with Crippen LogP contribution in [-0.2, 0) is 4.79 Å². The maximum absolute atomic E-state index is 13.2. The maximum atomic E-state index is 13.2. The van der Waals surface area contributed by atoms with Gasteiger partial charge in [0, 0.05) is 12.2 Å². The van der Waals surface area contributed by atoms with E-state index in [0.717, 1.165) is 5.56 Å². The minimum atomic E-state index is -0.320. The highest BCUT2D eigenvalue weighted by molar-refractivity contribution is 8.26. The van der Waals surface area contributed by atoms with Crippen molar-refractivity contribution in [2.24, 2.45) is 0 Å². The summed E-state index contributed by atoms with van der Waals surface area (Å²) < 4.78 is 7.94. The van der Waals surface area contributed by atoms with Crippen LogP contribution < -0.4 is 10.3 Å². The molecule has 0 radical (unpaired) electrons. The number of ether oxygens (including phenoxy) is 1. The number of amides is 1. The lowest BCUT2D eigenvalue weighted by molar-refractivity contribution is -0.123. The summed E-state index contributed by atoms with van der Waals surface area (Å²) in [4.78, 5) is 32.5. The first kappa shape index (κ1) is 20.3. The highest BCUT2D eigenvalue weighted by atomic mass is 32.2. The SMILES string of the molecule is Cc1ccccc1Oc1nc2ccccn2c(=O)c1/C=C1/SC(=S)N(C(C)C)C1=O. The Labute approximate surface area is 183 Å². The van der Waals surface area contributed by atoms with Gasteiger partial charge in [-0.2, -0.15) is 4.98 Å². The molecule has 0 saturated carbocycles. The number of hydrogen-bond donors (Lipinski definition) is 0. The minimum Gasteiger partial charge on any atom is -0.438 e. The molecule has 0 atom stereocenters. The first-order chi connectivity index (χ1) is 14.4. The fourth-order valence-corrected chi connectivity index (χ4v) is 4.62. The van der Waals surface area contributed by atoms with Crippen LogP contribution in [0, 0.1) is 6.92 Å². The summed E-state index contributed by atoms with van der Waals surface area (Å²) in [7, 11) is 0. The molecule has 0 spiro atoms. The minimum absolute atomic E-state index is 0.0677. The number of aryl methyl sites for hydroxylation is 1. The molecular formula is C22H19N3O3S2. The maximum Gasteiger partial charge on any atom is 0.269 e. The van der Waals surface area contributed by atoms with E-state index >= 15 is 0 Å². The third kappa shape index (κ3) is 3.64. The van der Waals surface area contributed by atoms with Gasteiger partial charge in [0.25, 0.3) is 11.5 Å². The Hall–Kier alpha value is -2.97. The molecule has 1 aromatic carbocycles. The number of rotatable bonds is 4. The third-order valence-electron chi connectivity index (χ3n) is 4.65. The number of aromatic nitrogens is 2. The predicted octanol–water partition coefficient (Wildman–Crippen LogP) is 4.40. The zero-order chi connectivity index (χ0) is 21.4. The van der Waals surface area contributed by atoms with Crippen LogP contribution in [0.2, 0.25) is 0 Å². The Kier molecular flexibility index (Phi) is 5.44. The van der Waals surface area contributed by atoms with Gasteiger partial charge in [-0.15, -0.1) is 0 Å². The van der Waals surface area contributed by atoms with E-state index in [1.54, 1.807) is 29.3 Å². The Balaban J connectivity index is 1.89. The van der Waals surface area contributed by atoms with E-state index < -0.39 is 0 Å². The molecule has 3 aromatic rings. The summed E-state index contributed by atoms with van der Waals surface area (Å²) in [6.45, 7) is 5.70. The van der Waals surface area contributed by atoms with Crippen molar-refractivity contribution in [1.82, 2.24) is 14.3 Å². The van der Waals surface area contributed by atoms with Gasteiger partial charge in [0.1, 0.15) is 21.3 Å². The first-order valence-corrected chi connectivity index (χ1v) is 10.6. The monoisotopic (exact) mass is 437 g/mol. The summed E-state index contributed by atoms with van der Waals surface area (Å²) in [6.07, 6.45) is 3.17. The predicted molar refractivity (Wildman–Crippen MR) is 123 cm³/mol. The number of para-hydroxylation sites is 1. The average molecular weight is 438 g/mol. The van der Waals surface area contributed by atoms with Gasteiger partial charge in [-0.05, 0) is 50.6 Å². The zero-order valence-corrected chi connectivity index (χ0v) is 18.3. The molecule has 152 valence electrons. The molecule has 1 amide bonds. The van der Waals surface area contributed by atoms with Crippen molar-refractivity contribution in [2.75, 3.05) is 0 Å². The van der Waals surface area contributed by atoms with Gasteiger partial charge < -0.3 is 4.74 Å². The molecule has 4 rings (SSSR count). The first-order valence-electron chi connectivity index (χ1n) is 9.38. The number of thiocarbonyl (C=S) groups is 1. The van der Waals surface area contributed by atoms with E-state index in [-0.39, 0.29) is 29.0 Å². The van der Waals surface area contributed by atoms with Crippen LogP contribution in [0.4, 0.5) is 0 Å². The van der Waals surface area contributed by atoms with Crippen molar-refractivity contribution in [3.8, 4) is 11.6 Å². The van der Waals surface area contributed by atoms with Crippen molar-refractivity contribution in [3.63, 3.8) is 0 Å². The van der Waals surface area contributed by atoms with E-state index in [1.165, 1.54) is 22.2 Å². The van der Waals surface area contributed by atoms with Crippen LogP contribution in [0.1, 0.15) is 25.0 Å². The molecule has 1 aliphatic heterocycles. The van der Waals surface area contributed by atoms with Gasteiger partial charge in [0.15, 0.2) is 0 Å². The highest BCUT2D eigenvalue weighted by Crippen LogP contribution is 2.35. The molecular weight excluding hydrogens is 418 g/mol. The number of nitrogens with zero attached hydrogens (tertiary/aromatic N) is 3. The topological polar surface area (TPSA) is 63.9 Å². The number of thioether (sulfide) groups is 1. The third-order valence-corrected chi connectivity index (χ3v) is 5.98. The Bertz CT molecular complexity index is 1260. The normalized spacial score (nSPS) is 15.6. The second-order valence-electron chi connectivity index (χ2n) is 7.08. The summed E-state index contributed by atoms with van der Waals surface area (Å²) >= 11 is 6.52. The number of fused-ring (bicyclic) bond motifs is 1. The molecule has 8 heteroatoms. The second kappa shape index (κ2) is 8.04. The molecule has 30 heavy (non-hydrogen) atoms. The van der Waals surface area contributed by atoms with Crippen LogP contribution in [0.3, 0.4) is 0 Å². The van der Waals surface area contributed by atoms with Gasteiger partial charge in [0.05, 0.1) is 4.91 Å². The van der Waals surface area contributed by atoms with Gasteiger partial charge in [-0.25, -0.2) is 0 Å². The van der Waals surface area contributed by atoms with E-state index in [2.05, 4.69) is 4.98 Å². The Morgan fingerprint density at radius 2 is 1.87 bits per heavy atom. The van der Waals surface area contributed by atoms with Crippen molar-refractivity contribution in [2.45, 2.75) is 26.8 Å². The number of benzene rings is 1. The average Bonchev–Trinajstić information content (AvgIpc) is 2.99. The quantitative estimate of drug-likeness (QED) is 0.445. The summed E-state index contributed by atoms with van der Waals surface area (Å²) in [5.74, 6) is 0.517. The van der Waals surface area contributed by atoms with Gasteiger partial charge in [-0.3, -0.25) is 18.9 Å². The smallest absolute Gasteiger partial charge is 0.269 e. The Morgan fingerprint density at radius 3 is 2.57 bits per heavy atom. The van der Waals surface area contributed by atoms with Gasteiger partial charge in [-0.1, -0.05) is 48.2 Å².